The molecule has 0 aliphatic heterocycles. The van der Waals surface area contributed by atoms with Gasteiger partial charge in [0, 0.05) is 22.8 Å². The molecular formula is C23H31ClN2O2. The highest BCUT2D eigenvalue weighted by Crippen LogP contribution is 2.35. The molecule has 2 aromatic rings. The van der Waals surface area contributed by atoms with Gasteiger partial charge < -0.3 is 10.5 Å². The first-order valence-corrected chi connectivity index (χ1v) is 9.92. The number of ether oxygens (including phenoxy) is 1. The van der Waals surface area contributed by atoms with Crippen molar-refractivity contribution >= 4 is 17.6 Å². The fourth-order valence-electron chi connectivity index (χ4n) is 3.18. The van der Waals surface area contributed by atoms with Crippen LogP contribution < -0.4 is 5.73 Å². The van der Waals surface area contributed by atoms with E-state index in [9.17, 15) is 4.79 Å². The highest BCUT2D eigenvalue weighted by atomic mass is 35.5. The monoisotopic (exact) mass is 402 g/mol. The van der Waals surface area contributed by atoms with Crippen molar-refractivity contribution in [2.24, 2.45) is 11.1 Å². The molecule has 0 amide bonds. The number of hydrogen-bond acceptors (Lipinski definition) is 4. The first-order chi connectivity index (χ1) is 12.8. The molecule has 4 nitrogen and oxygen atoms in total. The molecule has 0 saturated heterocycles. The number of pyridine rings is 1. The minimum atomic E-state index is -0.603. The second kappa shape index (κ2) is 8.22. The van der Waals surface area contributed by atoms with Crippen LogP contribution in [0.5, 0.6) is 0 Å². The number of nitrogens with two attached hydrogens (primary N) is 1. The SMILES string of the molecule is Cc1nc(CC(C)(C)C)c(CN)c(-c2ccc(Cl)cc2)c1C(=O)OC(C)(C)C. The lowest BCUT2D eigenvalue weighted by Gasteiger charge is -2.25. The molecular weight excluding hydrogens is 372 g/mol. The third-order valence-corrected chi connectivity index (χ3v) is 4.45. The molecule has 0 saturated carbocycles. The minimum Gasteiger partial charge on any atom is -0.456 e. The van der Waals surface area contributed by atoms with Gasteiger partial charge in [0.15, 0.2) is 0 Å². The number of rotatable bonds is 4. The largest absolute Gasteiger partial charge is 0.456 e. The van der Waals surface area contributed by atoms with Crippen LogP contribution in [0.2, 0.25) is 5.02 Å². The maximum atomic E-state index is 13.1. The zero-order valence-electron chi connectivity index (χ0n) is 17.9. The van der Waals surface area contributed by atoms with Crippen molar-refractivity contribution in [1.29, 1.82) is 0 Å². The van der Waals surface area contributed by atoms with Gasteiger partial charge in [0.2, 0.25) is 0 Å². The van der Waals surface area contributed by atoms with Gasteiger partial charge in [-0.3, -0.25) is 4.98 Å². The van der Waals surface area contributed by atoms with Crippen molar-refractivity contribution in [2.45, 2.75) is 67.0 Å². The third kappa shape index (κ3) is 5.55. The maximum absolute atomic E-state index is 13.1. The molecule has 0 atom stereocenters. The van der Waals surface area contributed by atoms with Gasteiger partial charge in [-0.05, 0) is 62.8 Å². The number of aromatic nitrogens is 1. The van der Waals surface area contributed by atoms with Crippen molar-refractivity contribution < 1.29 is 9.53 Å². The van der Waals surface area contributed by atoms with Crippen molar-refractivity contribution in [3.8, 4) is 11.1 Å². The smallest absolute Gasteiger partial charge is 0.341 e. The van der Waals surface area contributed by atoms with Crippen LogP contribution in [0.3, 0.4) is 0 Å². The van der Waals surface area contributed by atoms with Crippen molar-refractivity contribution in [2.75, 3.05) is 0 Å². The van der Waals surface area contributed by atoms with Crippen LogP contribution >= 0.6 is 11.6 Å². The summed E-state index contributed by atoms with van der Waals surface area (Å²) in [6.07, 6.45) is 0.759. The number of esters is 1. The molecule has 0 radical (unpaired) electrons. The average Bonchev–Trinajstić information content (AvgIpc) is 2.51. The van der Waals surface area contributed by atoms with Crippen LogP contribution in [0.4, 0.5) is 0 Å². The Kier molecular flexibility index (Phi) is 6.57. The number of nitrogens with zero attached hydrogens (tertiary/aromatic N) is 1. The van der Waals surface area contributed by atoms with Gasteiger partial charge in [-0.2, -0.15) is 0 Å². The number of carbonyl (C=O) groups is 1. The van der Waals surface area contributed by atoms with Gasteiger partial charge >= 0.3 is 5.97 Å². The number of benzene rings is 1. The van der Waals surface area contributed by atoms with E-state index in [-0.39, 0.29) is 17.9 Å². The summed E-state index contributed by atoms with van der Waals surface area (Å²) in [5.41, 5.74) is 10.2. The fourth-order valence-corrected chi connectivity index (χ4v) is 3.31. The van der Waals surface area contributed by atoms with E-state index < -0.39 is 5.60 Å². The predicted molar refractivity (Wildman–Crippen MR) is 116 cm³/mol. The van der Waals surface area contributed by atoms with Crippen LogP contribution in [0.1, 0.15) is 68.9 Å². The molecule has 0 bridgehead atoms. The maximum Gasteiger partial charge on any atom is 0.341 e. The van der Waals surface area contributed by atoms with Crippen molar-refractivity contribution in [3.63, 3.8) is 0 Å². The number of hydrogen-bond donors (Lipinski definition) is 1. The lowest BCUT2D eigenvalue weighted by molar-refractivity contribution is 0.00690. The predicted octanol–water partition coefficient (Wildman–Crippen LogP) is 5.71. The van der Waals surface area contributed by atoms with E-state index in [2.05, 4.69) is 20.8 Å². The summed E-state index contributed by atoms with van der Waals surface area (Å²) in [6.45, 7) is 14.2. The summed E-state index contributed by atoms with van der Waals surface area (Å²) < 4.78 is 5.68. The Balaban J connectivity index is 2.80. The quantitative estimate of drug-likeness (QED) is 0.665. The fraction of sp³-hybridized carbons (Fsp3) is 0.478. The van der Waals surface area contributed by atoms with Gasteiger partial charge in [-0.15, -0.1) is 0 Å². The normalized spacial score (nSPS) is 12.2. The molecule has 0 aliphatic carbocycles. The van der Waals surface area contributed by atoms with E-state index in [1.54, 1.807) is 0 Å². The third-order valence-electron chi connectivity index (χ3n) is 4.20. The Morgan fingerprint density at radius 2 is 1.68 bits per heavy atom. The van der Waals surface area contributed by atoms with E-state index in [0.29, 0.717) is 16.3 Å². The van der Waals surface area contributed by atoms with Crippen LogP contribution in [0.15, 0.2) is 24.3 Å². The standard InChI is InChI=1S/C23H31ClN2O2/c1-14-19(21(27)28-23(5,6)7)20(15-8-10-16(24)11-9-15)17(13-25)18(26-14)12-22(2,3)4/h8-11H,12-13,25H2,1-7H3. The molecule has 1 aromatic carbocycles. The Bertz CT molecular complexity index is 860. The lowest BCUT2D eigenvalue weighted by Crippen LogP contribution is -2.26. The first-order valence-electron chi connectivity index (χ1n) is 9.54. The summed E-state index contributed by atoms with van der Waals surface area (Å²) in [7, 11) is 0. The van der Waals surface area contributed by atoms with Crippen LogP contribution in [0, 0.1) is 12.3 Å². The summed E-state index contributed by atoms with van der Waals surface area (Å²) in [5, 5.41) is 0.637. The molecule has 2 rings (SSSR count). The first kappa shape index (κ1) is 22.4. The molecule has 0 fully saturated rings. The molecule has 0 aliphatic rings. The van der Waals surface area contributed by atoms with E-state index >= 15 is 0 Å². The van der Waals surface area contributed by atoms with Gasteiger partial charge in [0.1, 0.15) is 5.60 Å². The Morgan fingerprint density at radius 1 is 1.11 bits per heavy atom. The van der Waals surface area contributed by atoms with Gasteiger partial charge in [0.05, 0.1) is 11.3 Å². The van der Waals surface area contributed by atoms with E-state index in [0.717, 1.165) is 28.8 Å². The summed E-state index contributed by atoms with van der Waals surface area (Å²) >= 11 is 6.08. The Labute approximate surface area is 173 Å². The molecule has 1 aromatic heterocycles. The topological polar surface area (TPSA) is 65.2 Å². The highest BCUT2D eigenvalue weighted by Gasteiger charge is 2.28. The number of halogens is 1. The van der Waals surface area contributed by atoms with Gasteiger partial charge in [-0.25, -0.2) is 4.79 Å². The van der Waals surface area contributed by atoms with Crippen molar-refractivity contribution in [1.82, 2.24) is 4.98 Å². The van der Waals surface area contributed by atoms with E-state index in [4.69, 9.17) is 27.1 Å². The zero-order valence-corrected chi connectivity index (χ0v) is 18.7. The van der Waals surface area contributed by atoms with Gasteiger partial charge in [0.25, 0.3) is 0 Å². The van der Waals surface area contributed by atoms with Crippen LogP contribution in [-0.2, 0) is 17.7 Å². The molecule has 152 valence electrons. The molecule has 1 heterocycles. The molecule has 28 heavy (non-hydrogen) atoms. The van der Waals surface area contributed by atoms with Crippen molar-refractivity contribution in [3.05, 3.63) is 51.8 Å². The lowest BCUT2D eigenvalue weighted by atomic mass is 9.85. The van der Waals surface area contributed by atoms with Crippen LogP contribution in [-0.4, -0.2) is 16.6 Å². The molecule has 0 unspecified atom stereocenters. The summed E-state index contributed by atoms with van der Waals surface area (Å²) in [4.78, 5) is 17.9. The second-order valence-corrected chi connectivity index (χ2v) is 9.76. The molecule has 2 N–H and O–H groups in total. The Morgan fingerprint density at radius 3 is 2.14 bits per heavy atom. The van der Waals surface area contributed by atoms with Crippen LogP contribution in [0.25, 0.3) is 11.1 Å². The molecule has 0 spiro atoms. The number of aryl methyl sites for hydroxylation is 1. The second-order valence-electron chi connectivity index (χ2n) is 9.32. The molecule has 5 heteroatoms. The minimum absolute atomic E-state index is 0.0358. The summed E-state index contributed by atoms with van der Waals surface area (Å²) in [6, 6.07) is 7.44. The van der Waals surface area contributed by atoms with E-state index in [1.807, 2.05) is 52.0 Å². The summed E-state index contributed by atoms with van der Waals surface area (Å²) in [5.74, 6) is -0.389. The van der Waals surface area contributed by atoms with Gasteiger partial charge in [-0.1, -0.05) is 44.5 Å². The van der Waals surface area contributed by atoms with E-state index in [1.165, 1.54) is 0 Å². The average molecular weight is 403 g/mol. The Hall–Kier alpha value is -1.91. The highest BCUT2D eigenvalue weighted by molar-refractivity contribution is 6.30. The zero-order chi connectivity index (χ0) is 21.3. The number of carbonyl (C=O) groups excluding carboxylic acids is 1.